The Balaban J connectivity index is 1.51. The Hall–Kier alpha value is -3.01. The Morgan fingerprint density at radius 1 is 1.24 bits per heavy atom. The Kier molecular flexibility index (Phi) is 7.60. The van der Waals surface area contributed by atoms with Gasteiger partial charge < -0.3 is 4.90 Å². The molecule has 0 aliphatic carbocycles. The number of urea groups is 1. The van der Waals surface area contributed by atoms with Gasteiger partial charge in [-0.15, -0.1) is 4.28 Å². The number of nitrogens with zero attached hydrogens (tertiary/aromatic N) is 4. The largest absolute Gasteiger partial charge is 0.478 e. The summed E-state index contributed by atoms with van der Waals surface area (Å²) in [6, 6.07) is 2.84. The van der Waals surface area contributed by atoms with Crippen LogP contribution in [0.15, 0.2) is 30.6 Å². The second-order valence-corrected chi connectivity index (χ2v) is 9.74. The molecule has 2 atom stereocenters. The highest BCUT2D eigenvalue weighted by molar-refractivity contribution is 7.80. The number of rotatable bonds is 8. The lowest BCUT2D eigenvalue weighted by molar-refractivity contribution is -0.869. The molecule has 3 heterocycles. The van der Waals surface area contributed by atoms with Crippen molar-refractivity contribution >= 4 is 28.4 Å². The molecule has 0 unspecified atom stereocenters. The number of nitrogens with one attached hydrogen (secondary N) is 1. The molecule has 14 nitrogen and oxygen atoms in total. The first-order valence-corrected chi connectivity index (χ1v) is 11.9. The van der Waals surface area contributed by atoms with E-state index in [0.717, 1.165) is 4.90 Å². The third kappa shape index (κ3) is 6.31. The van der Waals surface area contributed by atoms with Crippen molar-refractivity contribution < 1.29 is 46.0 Å². The zero-order valence-electron chi connectivity index (χ0n) is 19.0. The van der Waals surface area contributed by atoms with Gasteiger partial charge in [-0.2, -0.15) is 18.3 Å². The molecular weight excluding hydrogens is 474 g/mol. The lowest BCUT2D eigenvalue weighted by Crippen LogP contribution is -2.56. The van der Waals surface area contributed by atoms with E-state index < -0.39 is 46.1 Å². The SMILES string of the molecule is CC(C)(C)N(CCONC(=O)[C@@H]1CC[C@@H]2CN1C(=O)N2OS(=O)(=O)O)C(=O)O[n+]1ccccc1. The van der Waals surface area contributed by atoms with Gasteiger partial charge >= 0.3 is 22.5 Å². The van der Waals surface area contributed by atoms with E-state index in [1.165, 1.54) is 9.63 Å². The number of aromatic nitrogens is 1. The molecule has 4 amide bonds. The molecule has 0 radical (unpaired) electrons. The summed E-state index contributed by atoms with van der Waals surface area (Å²) in [5.41, 5.74) is 1.67. The molecule has 188 valence electrons. The summed E-state index contributed by atoms with van der Waals surface area (Å²) in [5.74, 6) is -0.606. The maximum Gasteiger partial charge on any atom is 0.478 e. The number of piperidine rings is 1. The molecule has 34 heavy (non-hydrogen) atoms. The van der Waals surface area contributed by atoms with Crippen molar-refractivity contribution in [1.82, 2.24) is 20.3 Å². The van der Waals surface area contributed by atoms with E-state index in [-0.39, 0.29) is 32.5 Å². The summed E-state index contributed by atoms with van der Waals surface area (Å²) in [5, 5.41) is 0.557. The molecule has 2 aliphatic heterocycles. The van der Waals surface area contributed by atoms with Gasteiger partial charge in [-0.3, -0.25) is 19.1 Å². The van der Waals surface area contributed by atoms with Crippen molar-refractivity contribution in [3.8, 4) is 0 Å². The average molecular weight is 503 g/mol. The van der Waals surface area contributed by atoms with Gasteiger partial charge in [0, 0.05) is 28.9 Å². The monoisotopic (exact) mass is 502 g/mol. The lowest BCUT2D eigenvalue weighted by Gasteiger charge is -2.33. The zero-order valence-corrected chi connectivity index (χ0v) is 19.8. The first kappa shape index (κ1) is 25.6. The minimum Gasteiger partial charge on any atom is -0.309 e. The number of carbonyl (C=O) groups excluding carboxylic acids is 3. The van der Waals surface area contributed by atoms with Crippen LogP contribution in [0, 0.1) is 0 Å². The highest BCUT2D eigenvalue weighted by Gasteiger charge is 2.49. The van der Waals surface area contributed by atoms with Crippen LogP contribution in [-0.2, 0) is 24.3 Å². The van der Waals surface area contributed by atoms with Crippen molar-refractivity contribution in [2.24, 2.45) is 0 Å². The summed E-state index contributed by atoms with van der Waals surface area (Å²) in [7, 11) is -4.87. The van der Waals surface area contributed by atoms with Crippen LogP contribution in [0.25, 0.3) is 0 Å². The minimum absolute atomic E-state index is 0.0567. The number of carbonyl (C=O) groups is 3. The lowest BCUT2D eigenvalue weighted by atomic mass is 10.0. The molecular formula is C19H28N5O9S+. The highest BCUT2D eigenvalue weighted by Crippen LogP contribution is 2.30. The second kappa shape index (κ2) is 10.1. The van der Waals surface area contributed by atoms with Gasteiger partial charge in [0.2, 0.25) is 12.4 Å². The van der Waals surface area contributed by atoms with Gasteiger partial charge in [0.1, 0.15) is 6.04 Å². The highest BCUT2D eigenvalue weighted by atomic mass is 32.3. The average Bonchev–Trinajstić information content (AvgIpc) is 2.96. The molecule has 0 aromatic carbocycles. The van der Waals surface area contributed by atoms with Crippen LogP contribution >= 0.6 is 0 Å². The van der Waals surface area contributed by atoms with Crippen LogP contribution in [0.2, 0.25) is 0 Å². The number of hydrogen-bond acceptors (Lipinski definition) is 8. The van der Waals surface area contributed by atoms with Crippen molar-refractivity contribution in [2.45, 2.75) is 51.2 Å². The number of pyridine rings is 1. The van der Waals surface area contributed by atoms with Crippen molar-refractivity contribution in [2.75, 3.05) is 19.7 Å². The molecule has 15 heteroatoms. The third-order valence-corrected chi connectivity index (χ3v) is 5.64. The topological polar surface area (TPSA) is 159 Å². The van der Waals surface area contributed by atoms with E-state index >= 15 is 0 Å². The van der Waals surface area contributed by atoms with Crippen LogP contribution in [0.1, 0.15) is 33.6 Å². The Labute approximate surface area is 196 Å². The molecule has 2 fully saturated rings. The first-order valence-electron chi connectivity index (χ1n) is 10.5. The predicted octanol–water partition coefficient (Wildman–Crippen LogP) is -0.326. The number of amides is 4. The van der Waals surface area contributed by atoms with Crippen molar-refractivity contribution in [1.29, 1.82) is 0 Å². The standard InChI is InChI=1S/C19H27N5O9S/c1-19(2,3)23(18(27)32-21-9-5-4-6-10-21)11-12-31-20-16(25)15-8-7-14-13-22(15)17(26)24(14)33-34(28,29)30/h4-6,9-10,14-15H,7-8,11-13H2,1-3H3,(H-,20,25,28,29,30)/p+1/t14-,15+/m1/s1. The van der Waals surface area contributed by atoms with Gasteiger partial charge in [0.05, 0.1) is 19.2 Å². The Morgan fingerprint density at radius 3 is 2.53 bits per heavy atom. The van der Waals surface area contributed by atoms with Crippen LogP contribution in [0.4, 0.5) is 9.59 Å². The van der Waals surface area contributed by atoms with E-state index in [2.05, 4.69) is 9.76 Å². The Morgan fingerprint density at radius 2 is 1.91 bits per heavy atom. The fourth-order valence-electron chi connectivity index (χ4n) is 3.71. The maximum absolute atomic E-state index is 12.6. The third-order valence-electron chi connectivity index (χ3n) is 5.29. The molecule has 0 spiro atoms. The van der Waals surface area contributed by atoms with Crippen LogP contribution < -0.4 is 15.0 Å². The Bertz CT molecular complexity index is 1010. The quantitative estimate of drug-likeness (QED) is 0.210. The smallest absolute Gasteiger partial charge is 0.309 e. The van der Waals surface area contributed by atoms with E-state index in [9.17, 15) is 22.8 Å². The maximum atomic E-state index is 12.6. The van der Waals surface area contributed by atoms with Gasteiger partial charge in [0.25, 0.3) is 5.91 Å². The van der Waals surface area contributed by atoms with E-state index in [0.29, 0.717) is 5.06 Å². The number of hydrogen-bond donors (Lipinski definition) is 2. The van der Waals surface area contributed by atoms with E-state index in [4.69, 9.17) is 14.2 Å². The summed E-state index contributed by atoms with van der Waals surface area (Å²) in [6.45, 7) is 5.56. The summed E-state index contributed by atoms with van der Waals surface area (Å²) in [4.78, 5) is 50.7. The second-order valence-electron chi connectivity index (χ2n) is 8.74. The zero-order chi connectivity index (χ0) is 25.1. The summed E-state index contributed by atoms with van der Waals surface area (Å²) < 4.78 is 36.4. The molecule has 1 aromatic rings. The summed E-state index contributed by atoms with van der Waals surface area (Å²) in [6.07, 6.45) is 3.07. The van der Waals surface area contributed by atoms with Gasteiger partial charge in [0.15, 0.2) is 0 Å². The fourth-order valence-corrected chi connectivity index (χ4v) is 4.10. The van der Waals surface area contributed by atoms with E-state index in [1.54, 1.807) is 30.6 Å². The van der Waals surface area contributed by atoms with Gasteiger partial charge in [-0.25, -0.2) is 15.1 Å². The van der Waals surface area contributed by atoms with Crippen LogP contribution in [0.5, 0.6) is 0 Å². The molecule has 3 rings (SSSR count). The normalized spacial score (nSPS) is 20.3. The molecule has 1 aromatic heterocycles. The number of fused-ring (bicyclic) bond motifs is 2. The van der Waals surface area contributed by atoms with E-state index in [1.807, 2.05) is 20.8 Å². The summed E-state index contributed by atoms with van der Waals surface area (Å²) >= 11 is 0. The molecule has 0 saturated carbocycles. The predicted molar refractivity (Wildman–Crippen MR) is 113 cm³/mol. The van der Waals surface area contributed by atoms with Crippen LogP contribution in [0.3, 0.4) is 0 Å². The van der Waals surface area contributed by atoms with Gasteiger partial charge in [-0.05, 0) is 33.6 Å². The molecule has 2 saturated heterocycles. The fraction of sp³-hybridized carbons (Fsp3) is 0.579. The number of hydroxylamine groups is 3. The minimum atomic E-state index is -4.87. The molecule has 2 aliphatic rings. The molecule has 2 bridgehead atoms. The van der Waals surface area contributed by atoms with Gasteiger partial charge in [-0.1, -0.05) is 6.07 Å². The first-order chi connectivity index (χ1) is 15.9. The van der Waals surface area contributed by atoms with Crippen LogP contribution in [-0.4, -0.2) is 83.2 Å². The van der Waals surface area contributed by atoms with Crippen molar-refractivity contribution in [3.63, 3.8) is 0 Å². The van der Waals surface area contributed by atoms with Crippen molar-refractivity contribution in [3.05, 3.63) is 30.6 Å². The molecule has 2 N–H and O–H groups in total.